The lowest BCUT2D eigenvalue weighted by molar-refractivity contribution is -0.126. The molecule has 0 spiro atoms. The summed E-state index contributed by atoms with van der Waals surface area (Å²) in [5.74, 6) is -0.778. The Morgan fingerprint density at radius 2 is 2.07 bits per heavy atom. The SMILES string of the molecule is Cn1cnc2cc(C(=O)N3C[C@H](O)C[C@H](NC(=O)[C@H]4CCC(=O)N4)C3)ccc2c1=O. The van der Waals surface area contributed by atoms with Gasteiger partial charge in [-0.15, -0.1) is 0 Å². The van der Waals surface area contributed by atoms with Gasteiger partial charge in [0, 0.05) is 38.2 Å². The molecule has 10 nitrogen and oxygen atoms in total. The smallest absolute Gasteiger partial charge is 0.260 e. The van der Waals surface area contributed by atoms with Crippen molar-refractivity contribution in [2.24, 2.45) is 7.05 Å². The number of hydrogen-bond donors (Lipinski definition) is 3. The minimum Gasteiger partial charge on any atom is -0.391 e. The Bertz CT molecular complexity index is 1080. The molecule has 3 heterocycles. The van der Waals surface area contributed by atoms with Crippen molar-refractivity contribution in [3.05, 3.63) is 40.4 Å². The number of carbonyl (C=O) groups excluding carboxylic acids is 3. The lowest BCUT2D eigenvalue weighted by Gasteiger charge is -2.36. The van der Waals surface area contributed by atoms with Crippen molar-refractivity contribution in [2.45, 2.75) is 37.5 Å². The zero-order valence-corrected chi connectivity index (χ0v) is 16.5. The fourth-order valence-electron chi connectivity index (χ4n) is 3.98. The lowest BCUT2D eigenvalue weighted by Crippen LogP contribution is -2.56. The number of nitrogens with one attached hydrogen (secondary N) is 2. The maximum Gasteiger partial charge on any atom is 0.260 e. The van der Waals surface area contributed by atoms with Gasteiger partial charge >= 0.3 is 0 Å². The first-order valence-electron chi connectivity index (χ1n) is 9.84. The molecule has 3 N–H and O–H groups in total. The summed E-state index contributed by atoms with van der Waals surface area (Å²) in [6.45, 7) is 0.387. The number of aromatic nitrogens is 2. The summed E-state index contributed by atoms with van der Waals surface area (Å²) in [5, 5.41) is 16.1. The number of nitrogens with zero attached hydrogens (tertiary/aromatic N) is 3. The molecular weight excluding hydrogens is 390 g/mol. The number of likely N-dealkylation sites (tertiary alicyclic amines) is 1. The second-order valence-electron chi connectivity index (χ2n) is 7.86. The van der Waals surface area contributed by atoms with Crippen LogP contribution in [-0.2, 0) is 16.6 Å². The highest BCUT2D eigenvalue weighted by Gasteiger charge is 2.33. The van der Waals surface area contributed by atoms with Crippen LogP contribution in [0.15, 0.2) is 29.3 Å². The van der Waals surface area contributed by atoms with Crippen molar-refractivity contribution < 1.29 is 19.5 Å². The molecule has 2 saturated heterocycles. The Morgan fingerprint density at radius 1 is 1.27 bits per heavy atom. The van der Waals surface area contributed by atoms with E-state index in [0.717, 1.165) is 0 Å². The number of aliphatic hydroxyl groups is 1. The molecule has 1 aromatic carbocycles. The maximum absolute atomic E-state index is 13.0. The summed E-state index contributed by atoms with van der Waals surface area (Å²) in [6, 6.07) is 3.70. The molecule has 10 heteroatoms. The van der Waals surface area contributed by atoms with Crippen molar-refractivity contribution in [3.8, 4) is 0 Å². The van der Waals surface area contributed by atoms with E-state index >= 15 is 0 Å². The Balaban J connectivity index is 1.48. The molecule has 0 bridgehead atoms. The van der Waals surface area contributed by atoms with Gasteiger partial charge in [0.05, 0.1) is 23.3 Å². The van der Waals surface area contributed by atoms with E-state index in [2.05, 4.69) is 15.6 Å². The van der Waals surface area contributed by atoms with Gasteiger partial charge in [-0.05, 0) is 31.0 Å². The van der Waals surface area contributed by atoms with E-state index in [1.807, 2.05) is 0 Å². The van der Waals surface area contributed by atoms with Gasteiger partial charge in [-0.2, -0.15) is 0 Å². The molecule has 3 atom stereocenters. The molecule has 2 aromatic rings. The van der Waals surface area contributed by atoms with Crippen LogP contribution in [0.3, 0.4) is 0 Å². The van der Waals surface area contributed by atoms with E-state index in [-0.39, 0.29) is 36.4 Å². The molecule has 2 aliphatic rings. The van der Waals surface area contributed by atoms with Crippen LogP contribution in [0.25, 0.3) is 10.9 Å². The predicted molar refractivity (Wildman–Crippen MR) is 107 cm³/mol. The highest BCUT2D eigenvalue weighted by Crippen LogP contribution is 2.18. The van der Waals surface area contributed by atoms with Gasteiger partial charge in [0.25, 0.3) is 11.5 Å². The van der Waals surface area contributed by atoms with E-state index in [1.54, 1.807) is 25.2 Å². The highest BCUT2D eigenvalue weighted by atomic mass is 16.3. The molecule has 0 unspecified atom stereocenters. The standard InChI is InChI=1S/C20H23N5O5/c1-24-10-21-16-6-11(2-3-14(16)20(24)30)19(29)25-8-12(7-13(26)9-25)22-18(28)15-4-5-17(27)23-15/h2-3,6,10,12-13,15,26H,4-5,7-9H2,1H3,(H,22,28)(H,23,27)/t12-,13+,15+/m0/s1. The molecule has 3 amide bonds. The molecule has 0 aliphatic carbocycles. The van der Waals surface area contributed by atoms with Gasteiger partial charge in [0.1, 0.15) is 6.04 Å². The zero-order chi connectivity index (χ0) is 21.4. The molecule has 2 fully saturated rings. The van der Waals surface area contributed by atoms with Crippen LogP contribution >= 0.6 is 0 Å². The summed E-state index contributed by atoms with van der Waals surface area (Å²) >= 11 is 0. The third-order valence-corrected chi connectivity index (χ3v) is 5.54. The van der Waals surface area contributed by atoms with Crippen molar-refractivity contribution in [1.29, 1.82) is 0 Å². The summed E-state index contributed by atoms with van der Waals surface area (Å²) in [7, 11) is 1.61. The third-order valence-electron chi connectivity index (χ3n) is 5.54. The van der Waals surface area contributed by atoms with Gasteiger partial charge in [-0.3, -0.25) is 19.2 Å². The van der Waals surface area contributed by atoms with E-state index in [9.17, 15) is 24.3 Å². The molecule has 30 heavy (non-hydrogen) atoms. The lowest BCUT2D eigenvalue weighted by atomic mass is 10.0. The maximum atomic E-state index is 13.0. The quantitative estimate of drug-likeness (QED) is 0.585. The summed E-state index contributed by atoms with van der Waals surface area (Å²) in [4.78, 5) is 54.5. The van der Waals surface area contributed by atoms with E-state index in [4.69, 9.17) is 0 Å². The Labute approximate surface area is 171 Å². The summed E-state index contributed by atoms with van der Waals surface area (Å²) in [6.07, 6.45) is 1.70. The number of fused-ring (bicyclic) bond motifs is 1. The number of rotatable bonds is 3. The molecule has 158 valence electrons. The average molecular weight is 413 g/mol. The number of aliphatic hydroxyl groups excluding tert-OH is 1. The number of benzene rings is 1. The average Bonchev–Trinajstić information content (AvgIpc) is 3.16. The molecular formula is C20H23N5O5. The largest absolute Gasteiger partial charge is 0.391 e. The number of carbonyl (C=O) groups is 3. The van der Waals surface area contributed by atoms with Gasteiger partial charge in [0.2, 0.25) is 11.8 Å². The Kier molecular flexibility index (Phi) is 5.25. The molecule has 0 saturated carbocycles. The van der Waals surface area contributed by atoms with Crippen LogP contribution in [0.2, 0.25) is 0 Å². The minimum atomic E-state index is -0.781. The molecule has 0 radical (unpaired) electrons. The first-order valence-corrected chi connectivity index (χ1v) is 9.84. The topological polar surface area (TPSA) is 134 Å². The van der Waals surface area contributed by atoms with Crippen LogP contribution in [0.5, 0.6) is 0 Å². The van der Waals surface area contributed by atoms with Crippen molar-refractivity contribution in [1.82, 2.24) is 25.1 Å². The first kappa shape index (κ1) is 20.0. The van der Waals surface area contributed by atoms with E-state index in [0.29, 0.717) is 35.7 Å². The van der Waals surface area contributed by atoms with Crippen LogP contribution in [0.1, 0.15) is 29.6 Å². The summed E-state index contributed by atoms with van der Waals surface area (Å²) in [5.41, 5.74) is 0.572. The number of hydrogen-bond acceptors (Lipinski definition) is 6. The fraction of sp³-hybridized carbons (Fsp3) is 0.450. The van der Waals surface area contributed by atoms with Gasteiger partial charge < -0.3 is 25.2 Å². The van der Waals surface area contributed by atoms with E-state index < -0.39 is 18.2 Å². The number of aryl methyl sites for hydroxylation is 1. The minimum absolute atomic E-state index is 0.146. The third kappa shape index (κ3) is 3.90. The molecule has 1 aromatic heterocycles. The molecule has 2 aliphatic heterocycles. The molecule has 4 rings (SSSR count). The fourth-order valence-corrected chi connectivity index (χ4v) is 3.98. The van der Waals surface area contributed by atoms with Crippen LogP contribution in [0, 0.1) is 0 Å². The van der Waals surface area contributed by atoms with Crippen LogP contribution in [0.4, 0.5) is 0 Å². The van der Waals surface area contributed by atoms with Crippen molar-refractivity contribution in [2.75, 3.05) is 13.1 Å². The van der Waals surface area contributed by atoms with Gasteiger partial charge in [-0.1, -0.05) is 0 Å². The number of piperidine rings is 1. The second kappa shape index (κ2) is 7.86. The zero-order valence-electron chi connectivity index (χ0n) is 16.5. The predicted octanol–water partition coefficient (Wildman–Crippen LogP) is -1.10. The summed E-state index contributed by atoms with van der Waals surface area (Å²) < 4.78 is 1.37. The number of amides is 3. The number of β-amino-alcohol motifs (C(OH)–C–C–N with tert-alkyl or cyclic N) is 1. The first-order chi connectivity index (χ1) is 14.3. The van der Waals surface area contributed by atoms with E-state index in [1.165, 1.54) is 15.8 Å². The second-order valence-corrected chi connectivity index (χ2v) is 7.86. The van der Waals surface area contributed by atoms with Crippen LogP contribution < -0.4 is 16.2 Å². The monoisotopic (exact) mass is 413 g/mol. The van der Waals surface area contributed by atoms with Crippen molar-refractivity contribution in [3.63, 3.8) is 0 Å². The van der Waals surface area contributed by atoms with Crippen LogP contribution in [-0.4, -0.2) is 68.6 Å². The van der Waals surface area contributed by atoms with Gasteiger partial charge in [-0.25, -0.2) is 4.98 Å². The normalized spacial score (nSPS) is 24.0. The van der Waals surface area contributed by atoms with Crippen molar-refractivity contribution >= 4 is 28.6 Å². The highest BCUT2D eigenvalue weighted by molar-refractivity contribution is 5.98. The Hall–Kier alpha value is -3.27. The van der Waals surface area contributed by atoms with Gasteiger partial charge in [0.15, 0.2) is 0 Å². The Morgan fingerprint density at radius 3 is 2.80 bits per heavy atom.